The summed E-state index contributed by atoms with van der Waals surface area (Å²) in [5.74, 6) is -2.96. The van der Waals surface area contributed by atoms with E-state index in [1.807, 2.05) is 0 Å². The van der Waals surface area contributed by atoms with Gasteiger partial charge in [0.1, 0.15) is 0 Å². The van der Waals surface area contributed by atoms with E-state index in [-0.39, 0.29) is 22.7 Å². The monoisotopic (exact) mass is 502 g/mol. The molecule has 0 saturated carbocycles. The molecule has 202 valence electrons. The molecule has 0 heterocycles. The first-order valence-corrected chi connectivity index (χ1v) is 13.8. The molecule has 0 radical (unpaired) electrons. The Hall–Kier alpha value is -2.50. The highest BCUT2D eigenvalue weighted by molar-refractivity contribution is 6.24. The average Bonchev–Trinajstić information content (AvgIpc) is 2.83. The van der Waals surface area contributed by atoms with Crippen LogP contribution in [0.25, 0.3) is 0 Å². The van der Waals surface area contributed by atoms with Crippen LogP contribution in [0.2, 0.25) is 0 Å². The van der Waals surface area contributed by atoms with Crippen LogP contribution in [0.5, 0.6) is 0 Å². The molecule has 0 bridgehead atoms. The first-order valence-electron chi connectivity index (χ1n) is 13.8. The van der Waals surface area contributed by atoms with Crippen molar-refractivity contribution < 1.29 is 28.7 Å². The lowest BCUT2D eigenvalue weighted by Crippen LogP contribution is -2.27. The van der Waals surface area contributed by atoms with Crippen molar-refractivity contribution in [2.45, 2.75) is 130 Å². The number of ether oxygens (including phenoxy) is 2. The van der Waals surface area contributed by atoms with Gasteiger partial charge in [-0.1, -0.05) is 89.7 Å². The fraction of sp³-hybridized carbons (Fsp3) is 0.667. The summed E-state index contributed by atoms with van der Waals surface area (Å²) < 4.78 is 10.1. The highest BCUT2D eigenvalue weighted by Crippen LogP contribution is 2.30. The highest BCUT2D eigenvalue weighted by Gasteiger charge is 2.36. The molecule has 6 heteroatoms. The van der Waals surface area contributed by atoms with Crippen LogP contribution in [0.3, 0.4) is 0 Å². The summed E-state index contributed by atoms with van der Waals surface area (Å²) in [6.07, 6.45) is 22.7. The number of hydrogen-bond donors (Lipinski definition) is 0. The van der Waals surface area contributed by atoms with Gasteiger partial charge in [-0.2, -0.15) is 0 Å². The number of carbonyl (C=O) groups is 4. The van der Waals surface area contributed by atoms with Crippen LogP contribution in [0.4, 0.5) is 0 Å². The molecule has 0 N–H and O–H groups in total. The first kappa shape index (κ1) is 31.5. The molecule has 0 atom stereocenters. The minimum absolute atomic E-state index is 0.0190. The molecule has 0 aromatic rings. The van der Waals surface area contributed by atoms with E-state index in [1.54, 1.807) is 0 Å². The van der Waals surface area contributed by atoms with Crippen LogP contribution in [-0.2, 0) is 28.7 Å². The standard InChI is InChI=1S/C30H46O6/c1-5-6-7-8-9-10-11-12-13-14-15-16-17-18-19-20-21-22-26-28(34)29(35-24(3)31)23(2)27(33)30(26)36-25(4)32/h8-9H,5-7,10-22H2,1-4H3/b9-8-. The number of esters is 2. The Bertz CT molecular complexity index is 830. The SMILES string of the molecule is CCCC/C=C\CCCCCCCCCCCCCC1=C(OC(C)=O)C(=O)C(C)=C(OC(C)=O)C1=O. The number of carbonyl (C=O) groups excluding carboxylic acids is 4. The van der Waals surface area contributed by atoms with Crippen LogP contribution in [0.1, 0.15) is 130 Å². The van der Waals surface area contributed by atoms with E-state index in [2.05, 4.69) is 19.1 Å². The van der Waals surface area contributed by atoms with Crippen molar-refractivity contribution in [2.75, 3.05) is 0 Å². The lowest BCUT2D eigenvalue weighted by atomic mass is 9.90. The van der Waals surface area contributed by atoms with Crippen molar-refractivity contribution in [1.82, 2.24) is 0 Å². The molecule has 36 heavy (non-hydrogen) atoms. The topological polar surface area (TPSA) is 86.7 Å². The van der Waals surface area contributed by atoms with Crippen molar-refractivity contribution in [3.05, 3.63) is 34.8 Å². The van der Waals surface area contributed by atoms with Gasteiger partial charge in [0.2, 0.25) is 11.6 Å². The molecule has 0 aromatic carbocycles. The van der Waals surface area contributed by atoms with Gasteiger partial charge < -0.3 is 9.47 Å². The molecule has 1 rings (SSSR count). The number of unbranched alkanes of at least 4 members (excludes halogenated alkanes) is 13. The van der Waals surface area contributed by atoms with Gasteiger partial charge in [-0.05, 0) is 39.0 Å². The van der Waals surface area contributed by atoms with Crippen LogP contribution in [-0.4, -0.2) is 23.5 Å². The minimum Gasteiger partial charge on any atom is -0.422 e. The smallest absolute Gasteiger partial charge is 0.308 e. The maximum atomic E-state index is 12.9. The van der Waals surface area contributed by atoms with E-state index in [0.717, 1.165) is 19.3 Å². The van der Waals surface area contributed by atoms with Crippen molar-refractivity contribution in [3.8, 4) is 0 Å². The number of rotatable bonds is 19. The van der Waals surface area contributed by atoms with Gasteiger partial charge in [-0.3, -0.25) is 19.2 Å². The molecule has 1 aliphatic rings. The van der Waals surface area contributed by atoms with Gasteiger partial charge in [0.15, 0.2) is 11.5 Å². The normalized spacial score (nSPS) is 14.2. The van der Waals surface area contributed by atoms with E-state index in [4.69, 9.17) is 9.47 Å². The maximum Gasteiger partial charge on any atom is 0.308 e. The van der Waals surface area contributed by atoms with Gasteiger partial charge in [-0.15, -0.1) is 0 Å². The number of Topliss-reactive ketones (excluding diaryl/α,β-unsaturated/α-hetero) is 2. The molecule has 1 aliphatic carbocycles. The van der Waals surface area contributed by atoms with Gasteiger partial charge in [0, 0.05) is 19.4 Å². The highest BCUT2D eigenvalue weighted by atomic mass is 16.5. The molecular weight excluding hydrogens is 456 g/mol. The fourth-order valence-electron chi connectivity index (χ4n) is 4.28. The Kier molecular flexibility index (Phi) is 16.4. The summed E-state index contributed by atoms with van der Waals surface area (Å²) in [6, 6.07) is 0. The number of ketones is 2. The first-order chi connectivity index (χ1) is 17.3. The molecule has 6 nitrogen and oxygen atoms in total. The molecule has 0 fully saturated rings. The quantitative estimate of drug-likeness (QED) is 0.0782. The molecule has 0 aromatic heterocycles. The maximum absolute atomic E-state index is 12.9. The Morgan fingerprint density at radius 2 is 1.08 bits per heavy atom. The number of allylic oxidation sites excluding steroid dienone is 4. The lowest BCUT2D eigenvalue weighted by Gasteiger charge is -2.20. The predicted molar refractivity (Wildman–Crippen MR) is 142 cm³/mol. The summed E-state index contributed by atoms with van der Waals surface area (Å²) in [4.78, 5) is 48.4. The van der Waals surface area contributed by atoms with E-state index >= 15 is 0 Å². The summed E-state index contributed by atoms with van der Waals surface area (Å²) >= 11 is 0. The second-order valence-electron chi connectivity index (χ2n) is 9.65. The van der Waals surface area contributed by atoms with Crippen LogP contribution in [0, 0.1) is 0 Å². The largest absolute Gasteiger partial charge is 0.422 e. The molecule has 0 unspecified atom stereocenters. The Morgan fingerprint density at radius 1 is 0.639 bits per heavy atom. The minimum atomic E-state index is -0.671. The zero-order valence-corrected chi connectivity index (χ0v) is 22.9. The zero-order valence-electron chi connectivity index (χ0n) is 22.9. The van der Waals surface area contributed by atoms with E-state index in [9.17, 15) is 19.2 Å². The molecule has 0 saturated heterocycles. The van der Waals surface area contributed by atoms with E-state index in [0.29, 0.717) is 12.8 Å². The predicted octanol–water partition coefficient (Wildman–Crippen LogP) is 7.61. The van der Waals surface area contributed by atoms with Crippen LogP contribution in [0.15, 0.2) is 34.8 Å². The summed E-state index contributed by atoms with van der Waals surface area (Å²) in [6.45, 7) is 5.99. The van der Waals surface area contributed by atoms with Crippen molar-refractivity contribution >= 4 is 23.5 Å². The van der Waals surface area contributed by atoms with Gasteiger partial charge >= 0.3 is 11.9 Å². The summed E-state index contributed by atoms with van der Waals surface area (Å²) in [5.41, 5.74) is 0.1000. The third kappa shape index (κ3) is 12.5. The second-order valence-corrected chi connectivity index (χ2v) is 9.65. The third-order valence-electron chi connectivity index (χ3n) is 6.32. The van der Waals surface area contributed by atoms with Crippen molar-refractivity contribution in [1.29, 1.82) is 0 Å². The zero-order chi connectivity index (χ0) is 26.8. The van der Waals surface area contributed by atoms with Crippen molar-refractivity contribution in [2.24, 2.45) is 0 Å². The van der Waals surface area contributed by atoms with Gasteiger partial charge in [-0.25, -0.2) is 0 Å². The van der Waals surface area contributed by atoms with Crippen molar-refractivity contribution in [3.63, 3.8) is 0 Å². The van der Waals surface area contributed by atoms with Crippen LogP contribution >= 0.6 is 0 Å². The third-order valence-corrected chi connectivity index (χ3v) is 6.32. The van der Waals surface area contributed by atoms with Gasteiger partial charge in [0.05, 0.1) is 5.57 Å². The average molecular weight is 503 g/mol. The molecule has 0 spiro atoms. The molecule has 0 aliphatic heterocycles. The molecular formula is C30H46O6. The Labute approximate surface area is 217 Å². The summed E-state index contributed by atoms with van der Waals surface area (Å²) in [5, 5.41) is 0. The molecule has 0 amide bonds. The number of hydrogen-bond acceptors (Lipinski definition) is 6. The Balaban J connectivity index is 2.27. The van der Waals surface area contributed by atoms with Gasteiger partial charge in [0.25, 0.3) is 0 Å². The van der Waals surface area contributed by atoms with E-state index < -0.39 is 23.5 Å². The lowest BCUT2D eigenvalue weighted by molar-refractivity contribution is -0.142. The Morgan fingerprint density at radius 3 is 1.58 bits per heavy atom. The second kappa shape index (κ2) is 18.7. The summed E-state index contributed by atoms with van der Waals surface area (Å²) in [7, 11) is 0. The van der Waals surface area contributed by atoms with Crippen LogP contribution < -0.4 is 0 Å². The van der Waals surface area contributed by atoms with E-state index in [1.165, 1.54) is 91.4 Å². The fourth-order valence-corrected chi connectivity index (χ4v) is 4.28.